The van der Waals surface area contributed by atoms with Gasteiger partial charge in [0.05, 0.1) is 6.26 Å². The average molecular weight is 231 g/mol. The highest BCUT2D eigenvalue weighted by molar-refractivity contribution is 7.88. The van der Waals surface area contributed by atoms with Crippen LogP contribution in [0.25, 0.3) is 0 Å². The lowest BCUT2D eigenvalue weighted by Gasteiger charge is -2.17. The summed E-state index contributed by atoms with van der Waals surface area (Å²) in [6, 6.07) is 5.95. The summed E-state index contributed by atoms with van der Waals surface area (Å²) in [5, 5.41) is 0. The van der Waals surface area contributed by atoms with Crippen molar-refractivity contribution < 1.29 is 12.8 Å². The highest BCUT2D eigenvalue weighted by Crippen LogP contribution is 2.09. The number of halogens is 1. The van der Waals surface area contributed by atoms with Gasteiger partial charge in [-0.15, -0.1) is 0 Å². The maximum absolute atomic E-state index is 12.9. The predicted molar refractivity (Wildman–Crippen MR) is 57.3 cm³/mol. The molecule has 0 radical (unpaired) electrons. The normalized spacial score (nSPS) is 12.0. The molecule has 84 valence electrons. The minimum Gasteiger partial charge on any atom is -0.212 e. The summed E-state index contributed by atoms with van der Waals surface area (Å²) >= 11 is 0. The Balaban J connectivity index is 2.85. The molecule has 0 heterocycles. The quantitative estimate of drug-likeness (QED) is 0.789. The minimum atomic E-state index is -3.22. The fourth-order valence-electron chi connectivity index (χ4n) is 1.30. The standard InChI is InChI=1S/C10H14FNO2S/c1-3-12(15(2,13)14)8-9-5-4-6-10(11)7-9/h4-7H,3,8H2,1-2H3. The van der Waals surface area contributed by atoms with Gasteiger partial charge in [0, 0.05) is 13.1 Å². The lowest BCUT2D eigenvalue weighted by atomic mass is 10.2. The van der Waals surface area contributed by atoms with Gasteiger partial charge in [0.1, 0.15) is 5.82 Å². The average Bonchev–Trinajstić information content (AvgIpc) is 2.12. The fourth-order valence-corrected chi connectivity index (χ4v) is 2.16. The van der Waals surface area contributed by atoms with Crippen LogP contribution in [0.3, 0.4) is 0 Å². The molecule has 0 saturated heterocycles. The summed E-state index contributed by atoms with van der Waals surface area (Å²) in [5.74, 6) is -0.350. The van der Waals surface area contributed by atoms with Crippen LogP contribution < -0.4 is 0 Å². The van der Waals surface area contributed by atoms with E-state index in [0.717, 1.165) is 6.26 Å². The third kappa shape index (κ3) is 3.60. The third-order valence-corrected chi connectivity index (χ3v) is 3.40. The molecule has 15 heavy (non-hydrogen) atoms. The smallest absolute Gasteiger partial charge is 0.211 e. The van der Waals surface area contributed by atoms with Gasteiger partial charge in [0.2, 0.25) is 10.0 Å². The lowest BCUT2D eigenvalue weighted by Crippen LogP contribution is -2.29. The van der Waals surface area contributed by atoms with Crippen molar-refractivity contribution in [1.29, 1.82) is 0 Å². The second kappa shape index (κ2) is 4.72. The molecule has 0 bridgehead atoms. The van der Waals surface area contributed by atoms with Crippen LogP contribution in [0.5, 0.6) is 0 Å². The van der Waals surface area contributed by atoms with E-state index >= 15 is 0 Å². The zero-order valence-electron chi connectivity index (χ0n) is 8.77. The van der Waals surface area contributed by atoms with Gasteiger partial charge in [-0.2, -0.15) is 4.31 Å². The van der Waals surface area contributed by atoms with Crippen molar-refractivity contribution in [3.63, 3.8) is 0 Å². The topological polar surface area (TPSA) is 37.4 Å². The van der Waals surface area contributed by atoms with E-state index in [1.54, 1.807) is 19.1 Å². The van der Waals surface area contributed by atoms with Crippen LogP contribution in [-0.2, 0) is 16.6 Å². The molecular formula is C10H14FNO2S. The molecule has 0 saturated carbocycles. The Morgan fingerprint density at radius 1 is 1.40 bits per heavy atom. The van der Waals surface area contributed by atoms with Crippen LogP contribution in [-0.4, -0.2) is 25.5 Å². The first-order chi connectivity index (χ1) is 6.93. The summed E-state index contributed by atoms with van der Waals surface area (Å²) in [7, 11) is -3.22. The Bertz CT molecular complexity index is 431. The monoisotopic (exact) mass is 231 g/mol. The van der Waals surface area contributed by atoms with E-state index in [4.69, 9.17) is 0 Å². The van der Waals surface area contributed by atoms with Gasteiger partial charge in [-0.25, -0.2) is 12.8 Å². The van der Waals surface area contributed by atoms with Gasteiger partial charge < -0.3 is 0 Å². The van der Waals surface area contributed by atoms with Crippen LogP contribution in [0, 0.1) is 5.82 Å². The summed E-state index contributed by atoms with van der Waals surface area (Å²) in [5.41, 5.74) is 0.655. The molecule has 0 aliphatic rings. The zero-order chi connectivity index (χ0) is 11.5. The Kier molecular flexibility index (Phi) is 3.82. The minimum absolute atomic E-state index is 0.215. The van der Waals surface area contributed by atoms with Crippen LogP contribution >= 0.6 is 0 Å². The Labute approximate surface area is 89.6 Å². The first kappa shape index (κ1) is 12.1. The van der Waals surface area contributed by atoms with Crippen LogP contribution in [0.4, 0.5) is 4.39 Å². The van der Waals surface area contributed by atoms with E-state index in [1.807, 2.05) is 0 Å². The number of hydrogen-bond donors (Lipinski definition) is 0. The van der Waals surface area contributed by atoms with E-state index in [9.17, 15) is 12.8 Å². The lowest BCUT2D eigenvalue weighted by molar-refractivity contribution is 0.427. The second-order valence-electron chi connectivity index (χ2n) is 3.32. The first-order valence-electron chi connectivity index (χ1n) is 4.63. The van der Waals surface area contributed by atoms with Gasteiger partial charge >= 0.3 is 0 Å². The van der Waals surface area contributed by atoms with Crippen molar-refractivity contribution in [2.45, 2.75) is 13.5 Å². The molecule has 5 heteroatoms. The van der Waals surface area contributed by atoms with Gasteiger partial charge in [-0.3, -0.25) is 0 Å². The maximum Gasteiger partial charge on any atom is 0.211 e. The van der Waals surface area contributed by atoms with Crippen molar-refractivity contribution in [2.75, 3.05) is 12.8 Å². The number of sulfonamides is 1. The summed E-state index contributed by atoms with van der Waals surface area (Å²) < 4.78 is 36.7. The maximum atomic E-state index is 12.9. The largest absolute Gasteiger partial charge is 0.212 e. The number of nitrogens with zero attached hydrogens (tertiary/aromatic N) is 1. The van der Waals surface area contributed by atoms with Crippen LogP contribution in [0.15, 0.2) is 24.3 Å². The molecule has 0 fully saturated rings. The molecule has 0 aliphatic heterocycles. The highest BCUT2D eigenvalue weighted by Gasteiger charge is 2.14. The molecule has 0 aromatic heterocycles. The molecule has 1 aromatic rings. The van der Waals surface area contributed by atoms with Crippen molar-refractivity contribution in [2.24, 2.45) is 0 Å². The highest BCUT2D eigenvalue weighted by atomic mass is 32.2. The van der Waals surface area contributed by atoms with E-state index in [2.05, 4.69) is 0 Å². The van der Waals surface area contributed by atoms with E-state index in [0.29, 0.717) is 12.1 Å². The molecule has 1 rings (SSSR count). The molecule has 0 atom stereocenters. The van der Waals surface area contributed by atoms with E-state index < -0.39 is 10.0 Å². The van der Waals surface area contributed by atoms with Crippen LogP contribution in [0.2, 0.25) is 0 Å². The van der Waals surface area contributed by atoms with Crippen molar-refractivity contribution >= 4 is 10.0 Å². The Morgan fingerprint density at radius 2 is 2.07 bits per heavy atom. The summed E-state index contributed by atoms with van der Waals surface area (Å²) in [6.45, 7) is 2.35. The summed E-state index contributed by atoms with van der Waals surface area (Å²) in [4.78, 5) is 0. The van der Waals surface area contributed by atoms with Gasteiger partial charge in [0.25, 0.3) is 0 Å². The Hall–Kier alpha value is -0.940. The van der Waals surface area contributed by atoms with Crippen molar-refractivity contribution in [3.05, 3.63) is 35.6 Å². The molecule has 1 aromatic carbocycles. The number of benzene rings is 1. The van der Waals surface area contributed by atoms with E-state index in [1.165, 1.54) is 16.4 Å². The molecular weight excluding hydrogens is 217 g/mol. The molecule has 0 unspecified atom stereocenters. The molecule has 0 spiro atoms. The third-order valence-electron chi connectivity index (χ3n) is 2.07. The second-order valence-corrected chi connectivity index (χ2v) is 5.30. The fraction of sp³-hybridized carbons (Fsp3) is 0.400. The molecule has 0 aliphatic carbocycles. The van der Waals surface area contributed by atoms with Gasteiger partial charge in [-0.05, 0) is 17.7 Å². The number of hydrogen-bond acceptors (Lipinski definition) is 2. The first-order valence-corrected chi connectivity index (χ1v) is 6.48. The van der Waals surface area contributed by atoms with Crippen molar-refractivity contribution in [1.82, 2.24) is 4.31 Å². The molecule has 0 amide bonds. The summed E-state index contributed by atoms with van der Waals surface area (Å²) in [6.07, 6.45) is 1.15. The Morgan fingerprint density at radius 3 is 2.53 bits per heavy atom. The number of rotatable bonds is 4. The predicted octanol–water partition coefficient (Wildman–Crippen LogP) is 1.61. The van der Waals surface area contributed by atoms with Gasteiger partial charge in [0.15, 0.2) is 0 Å². The van der Waals surface area contributed by atoms with Crippen molar-refractivity contribution in [3.8, 4) is 0 Å². The SMILES string of the molecule is CCN(Cc1cccc(F)c1)S(C)(=O)=O. The molecule has 3 nitrogen and oxygen atoms in total. The van der Waals surface area contributed by atoms with E-state index in [-0.39, 0.29) is 12.4 Å². The zero-order valence-corrected chi connectivity index (χ0v) is 9.59. The van der Waals surface area contributed by atoms with Gasteiger partial charge in [-0.1, -0.05) is 19.1 Å². The molecule has 0 N–H and O–H groups in total. The van der Waals surface area contributed by atoms with Crippen LogP contribution in [0.1, 0.15) is 12.5 Å².